The fourth-order valence-corrected chi connectivity index (χ4v) is 11.9. The SMILES string of the molecule is CCCCCCCCCCCCCCCCCCCCCCCCCCCCCCCCC(O)C(COP(=O)(O)OCC[N+](C)(C)C)NC(=O)CCCCCCCCCCCCCCCCCCCCCCCCCCC. The van der Waals surface area contributed by atoms with Crippen LogP contribution in [0.2, 0.25) is 0 Å². The number of phosphoric acid groups is 1. The Kier molecular flexibility index (Phi) is 59.7. The minimum atomic E-state index is -4.32. The summed E-state index contributed by atoms with van der Waals surface area (Å²) in [7, 11) is 1.64. The Morgan fingerprint density at radius 3 is 0.870 bits per heavy atom. The predicted molar refractivity (Wildman–Crippen MR) is 337 cm³/mol. The Balaban J connectivity index is 3.99. The molecule has 0 radical (unpaired) electrons. The number of carbonyl (C=O) groups excluding carboxylic acids is 1. The fourth-order valence-electron chi connectivity index (χ4n) is 11.2. The highest BCUT2D eigenvalue weighted by Gasteiger charge is 2.28. The van der Waals surface area contributed by atoms with E-state index in [0.717, 1.165) is 38.5 Å². The van der Waals surface area contributed by atoms with E-state index in [2.05, 4.69) is 19.2 Å². The first-order chi connectivity index (χ1) is 37.5. The summed E-state index contributed by atoms with van der Waals surface area (Å²) in [6.45, 7) is 4.97. The average molecular weight is 1110 g/mol. The van der Waals surface area contributed by atoms with Gasteiger partial charge in [-0.3, -0.25) is 13.8 Å². The second kappa shape index (κ2) is 60.1. The number of likely N-dealkylation sites (N-methyl/N-ethyl adjacent to an activating group) is 1. The van der Waals surface area contributed by atoms with Crippen LogP contribution in [0.4, 0.5) is 0 Å². The minimum Gasteiger partial charge on any atom is -0.391 e. The molecule has 1 amide bonds. The molecule has 3 atom stereocenters. The molecule has 0 aliphatic rings. The van der Waals surface area contributed by atoms with Crippen LogP contribution in [0.5, 0.6) is 0 Å². The number of carbonyl (C=O) groups is 1. The number of phosphoric ester groups is 1. The van der Waals surface area contributed by atoms with Crippen molar-refractivity contribution in [2.45, 2.75) is 392 Å². The Labute approximate surface area is 482 Å². The second-order valence-corrected chi connectivity index (χ2v) is 27.1. The highest BCUT2D eigenvalue weighted by Crippen LogP contribution is 2.43. The van der Waals surface area contributed by atoms with Crippen LogP contribution in [0.25, 0.3) is 0 Å². The summed E-state index contributed by atoms with van der Waals surface area (Å²) >= 11 is 0. The number of nitrogens with one attached hydrogen (secondary N) is 1. The monoisotopic (exact) mass is 1110 g/mol. The average Bonchev–Trinajstić information content (AvgIpc) is 3.39. The van der Waals surface area contributed by atoms with Crippen molar-refractivity contribution in [1.29, 1.82) is 0 Å². The number of rotatable bonds is 66. The molecule has 3 unspecified atom stereocenters. The molecule has 462 valence electrons. The minimum absolute atomic E-state index is 0.0795. The van der Waals surface area contributed by atoms with Crippen LogP contribution in [0, 0.1) is 0 Å². The summed E-state index contributed by atoms with van der Waals surface area (Å²) in [4.78, 5) is 23.4. The summed E-state index contributed by atoms with van der Waals surface area (Å²) in [6, 6.07) is -0.757. The predicted octanol–water partition coefficient (Wildman–Crippen LogP) is 21.9. The van der Waals surface area contributed by atoms with E-state index in [1.165, 1.54) is 315 Å². The molecule has 0 bridgehead atoms. The highest BCUT2D eigenvalue weighted by molar-refractivity contribution is 7.47. The van der Waals surface area contributed by atoms with Gasteiger partial charge in [-0.25, -0.2) is 4.57 Å². The van der Waals surface area contributed by atoms with Crippen molar-refractivity contribution in [3.8, 4) is 0 Å². The quantitative estimate of drug-likeness (QED) is 0.0318. The number of nitrogens with zero attached hydrogens (tertiary/aromatic N) is 1. The van der Waals surface area contributed by atoms with E-state index in [4.69, 9.17) is 9.05 Å². The third-order valence-electron chi connectivity index (χ3n) is 16.6. The molecule has 0 fully saturated rings. The zero-order valence-corrected chi connectivity index (χ0v) is 53.9. The topological polar surface area (TPSA) is 105 Å². The molecule has 0 heterocycles. The number of amides is 1. The summed E-state index contributed by atoms with van der Waals surface area (Å²) in [6.07, 6.45) is 74.9. The number of hydrogen-bond donors (Lipinski definition) is 3. The maximum absolute atomic E-state index is 13.1. The maximum atomic E-state index is 13.1. The molecule has 0 rings (SSSR count). The second-order valence-electron chi connectivity index (χ2n) is 25.6. The standard InChI is InChI=1S/C68H139N2O6P/c1-6-8-10-12-14-16-18-20-22-24-26-28-30-32-33-34-35-36-38-39-41-43-45-47-49-51-53-55-57-59-61-67(71)66(65-76-77(73,74)75-64-63-70(3,4)5)69-68(72)62-60-58-56-54-52-50-48-46-44-42-40-37-31-29-27-25-23-21-19-17-15-13-11-9-7-2/h66-67,71H,6-65H2,1-5H3,(H-,69,72,73,74)/p+1. The van der Waals surface area contributed by atoms with E-state index in [9.17, 15) is 19.4 Å². The lowest BCUT2D eigenvalue weighted by atomic mass is 10.0. The van der Waals surface area contributed by atoms with Crippen LogP contribution in [0.15, 0.2) is 0 Å². The van der Waals surface area contributed by atoms with Crippen molar-refractivity contribution in [2.75, 3.05) is 40.9 Å². The zero-order valence-electron chi connectivity index (χ0n) is 53.0. The van der Waals surface area contributed by atoms with Gasteiger partial charge in [0.25, 0.3) is 0 Å². The first-order valence-electron chi connectivity index (χ1n) is 34.9. The van der Waals surface area contributed by atoms with Crippen LogP contribution in [0.3, 0.4) is 0 Å². The molecule has 0 aliphatic heterocycles. The van der Waals surface area contributed by atoms with Gasteiger partial charge in [0, 0.05) is 6.42 Å². The molecule has 0 aliphatic carbocycles. The van der Waals surface area contributed by atoms with Crippen LogP contribution in [-0.4, -0.2) is 73.4 Å². The van der Waals surface area contributed by atoms with E-state index < -0.39 is 20.0 Å². The normalized spacial score (nSPS) is 13.6. The Hall–Kier alpha value is -0.500. The third kappa shape index (κ3) is 62.9. The molecule has 9 heteroatoms. The summed E-state index contributed by atoms with van der Waals surface area (Å²) < 4.78 is 23.9. The zero-order chi connectivity index (χ0) is 56.3. The van der Waals surface area contributed by atoms with Gasteiger partial charge in [-0.15, -0.1) is 0 Å². The van der Waals surface area contributed by atoms with E-state index in [-0.39, 0.29) is 19.1 Å². The Bertz CT molecular complexity index is 1220. The molecule has 0 saturated heterocycles. The molecular formula is C68H140N2O6P+. The van der Waals surface area contributed by atoms with Crippen molar-refractivity contribution in [3.63, 3.8) is 0 Å². The van der Waals surface area contributed by atoms with Gasteiger partial charge in [-0.2, -0.15) is 0 Å². The lowest BCUT2D eigenvalue weighted by Crippen LogP contribution is -2.46. The number of unbranched alkanes of at least 4 members (excludes halogenated alkanes) is 53. The van der Waals surface area contributed by atoms with Crippen LogP contribution < -0.4 is 5.32 Å². The number of hydrogen-bond acceptors (Lipinski definition) is 5. The molecule has 0 spiro atoms. The van der Waals surface area contributed by atoms with Gasteiger partial charge < -0.3 is 19.8 Å². The molecule has 77 heavy (non-hydrogen) atoms. The molecular weight excluding hydrogens is 972 g/mol. The lowest BCUT2D eigenvalue weighted by Gasteiger charge is -2.26. The van der Waals surface area contributed by atoms with E-state index in [1.807, 2.05) is 21.1 Å². The van der Waals surface area contributed by atoms with Gasteiger partial charge in [-0.05, 0) is 12.8 Å². The van der Waals surface area contributed by atoms with Gasteiger partial charge >= 0.3 is 7.82 Å². The first-order valence-corrected chi connectivity index (χ1v) is 36.4. The summed E-state index contributed by atoms with van der Waals surface area (Å²) in [5, 5.41) is 14.2. The van der Waals surface area contributed by atoms with Gasteiger partial charge in [0.2, 0.25) is 5.91 Å². The largest absolute Gasteiger partial charge is 0.472 e. The van der Waals surface area contributed by atoms with Gasteiger partial charge in [-0.1, -0.05) is 361 Å². The number of aliphatic hydroxyl groups excluding tert-OH is 1. The van der Waals surface area contributed by atoms with Crippen LogP contribution in [0.1, 0.15) is 380 Å². The molecule has 0 saturated carbocycles. The van der Waals surface area contributed by atoms with Crippen molar-refractivity contribution in [3.05, 3.63) is 0 Å². The molecule has 0 aromatic rings. The molecule has 3 N–H and O–H groups in total. The van der Waals surface area contributed by atoms with Gasteiger partial charge in [0.15, 0.2) is 0 Å². The van der Waals surface area contributed by atoms with Crippen molar-refractivity contribution < 1.29 is 32.9 Å². The molecule has 8 nitrogen and oxygen atoms in total. The van der Waals surface area contributed by atoms with E-state index in [0.29, 0.717) is 23.9 Å². The van der Waals surface area contributed by atoms with Crippen molar-refractivity contribution in [1.82, 2.24) is 5.32 Å². The molecule has 0 aromatic heterocycles. The highest BCUT2D eigenvalue weighted by atomic mass is 31.2. The molecule has 0 aromatic carbocycles. The van der Waals surface area contributed by atoms with Gasteiger partial charge in [0.1, 0.15) is 13.2 Å². The third-order valence-corrected chi connectivity index (χ3v) is 17.6. The van der Waals surface area contributed by atoms with E-state index in [1.54, 1.807) is 0 Å². The number of quaternary nitrogens is 1. The summed E-state index contributed by atoms with van der Waals surface area (Å²) in [5.41, 5.74) is 0. The van der Waals surface area contributed by atoms with Crippen LogP contribution >= 0.6 is 7.82 Å². The van der Waals surface area contributed by atoms with Gasteiger partial charge in [0.05, 0.1) is 39.9 Å². The smallest absolute Gasteiger partial charge is 0.391 e. The van der Waals surface area contributed by atoms with Crippen LogP contribution in [-0.2, 0) is 18.4 Å². The van der Waals surface area contributed by atoms with Crippen molar-refractivity contribution in [2.24, 2.45) is 0 Å². The fraction of sp³-hybridized carbons (Fsp3) is 0.985. The first kappa shape index (κ1) is 76.5. The Morgan fingerprint density at radius 2 is 0.623 bits per heavy atom. The Morgan fingerprint density at radius 1 is 0.390 bits per heavy atom. The summed E-state index contributed by atoms with van der Waals surface area (Å²) in [5.74, 6) is -0.133. The van der Waals surface area contributed by atoms with E-state index >= 15 is 0 Å². The maximum Gasteiger partial charge on any atom is 0.472 e. The van der Waals surface area contributed by atoms with Crippen molar-refractivity contribution >= 4 is 13.7 Å². The number of aliphatic hydroxyl groups is 1. The lowest BCUT2D eigenvalue weighted by molar-refractivity contribution is -0.870.